The number of rotatable bonds is 2. The zero-order valence-electron chi connectivity index (χ0n) is 7.91. The number of aromatic amines is 1. The van der Waals surface area contributed by atoms with Crippen molar-refractivity contribution in [3.63, 3.8) is 0 Å². The maximum atomic E-state index is 11.6. The molecule has 1 aliphatic heterocycles. The van der Waals surface area contributed by atoms with E-state index in [9.17, 15) is 4.79 Å². The van der Waals surface area contributed by atoms with Crippen LogP contribution in [0.25, 0.3) is 0 Å². The summed E-state index contributed by atoms with van der Waals surface area (Å²) in [7, 11) is 0. The zero-order valence-corrected chi connectivity index (χ0v) is 7.91. The summed E-state index contributed by atoms with van der Waals surface area (Å²) in [5.74, 6) is -0.216. The maximum Gasteiger partial charge on any atom is 0.273 e. The normalized spacial score (nSPS) is 26.4. The smallest absolute Gasteiger partial charge is 0.273 e. The Kier molecular flexibility index (Phi) is 2.20. The molecule has 6 heteroatoms. The van der Waals surface area contributed by atoms with Gasteiger partial charge in [0.25, 0.3) is 5.91 Å². The summed E-state index contributed by atoms with van der Waals surface area (Å²) >= 11 is 0. The zero-order chi connectivity index (χ0) is 10.0. The standard InChI is InChI=1S/C8H12N4O2/c1-8(2-3-14-5-8)10-7(13)6-4-9-12-11-6/h4H,2-3,5H2,1H3,(H,10,13)(H,9,11,12). The molecule has 1 saturated heterocycles. The molecule has 6 nitrogen and oxygen atoms in total. The van der Waals surface area contributed by atoms with Gasteiger partial charge in [0.05, 0.1) is 18.3 Å². The number of nitrogens with one attached hydrogen (secondary N) is 2. The molecule has 14 heavy (non-hydrogen) atoms. The topological polar surface area (TPSA) is 79.9 Å². The molecular weight excluding hydrogens is 184 g/mol. The lowest BCUT2D eigenvalue weighted by Gasteiger charge is -2.22. The Hall–Kier alpha value is -1.43. The minimum absolute atomic E-state index is 0.216. The third-order valence-electron chi connectivity index (χ3n) is 2.28. The summed E-state index contributed by atoms with van der Waals surface area (Å²) in [5.41, 5.74) is 0.0360. The molecule has 1 amide bonds. The van der Waals surface area contributed by atoms with Gasteiger partial charge in [-0.15, -0.1) is 0 Å². The lowest BCUT2D eigenvalue weighted by atomic mass is 10.0. The van der Waals surface area contributed by atoms with Gasteiger partial charge in [0.15, 0.2) is 5.69 Å². The van der Waals surface area contributed by atoms with E-state index in [2.05, 4.69) is 20.7 Å². The monoisotopic (exact) mass is 196 g/mol. The van der Waals surface area contributed by atoms with Gasteiger partial charge in [-0.2, -0.15) is 15.4 Å². The van der Waals surface area contributed by atoms with Crippen LogP contribution in [-0.4, -0.2) is 40.1 Å². The number of aromatic nitrogens is 3. The van der Waals surface area contributed by atoms with Crippen molar-refractivity contribution in [3.8, 4) is 0 Å². The number of ether oxygens (including phenoxy) is 1. The Morgan fingerprint density at radius 1 is 1.79 bits per heavy atom. The van der Waals surface area contributed by atoms with Crippen LogP contribution in [0.1, 0.15) is 23.8 Å². The van der Waals surface area contributed by atoms with E-state index in [-0.39, 0.29) is 11.4 Å². The second-order valence-electron chi connectivity index (χ2n) is 3.67. The highest BCUT2D eigenvalue weighted by atomic mass is 16.5. The van der Waals surface area contributed by atoms with Crippen LogP contribution in [0, 0.1) is 0 Å². The Morgan fingerprint density at radius 2 is 2.64 bits per heavy atom. The van der Waals surface area contributed by atoms with Crippen molar-refractivity contribution in [2.24, 2.45) is 0 Å². The van der Waals surface area contributed by atoms with Crippen molar-refractivity contribution in [1.29, 1.82) is 0 Å². The van der Waals surface area contributed by atoms with Crippen LogP contribution in [-0.2, 0) is 4.74 Å². The van der Waals surface area contributed by atoms with E-state index in [1.807, 2.05) is 6.92 Å². The third-order valence-corrected chi connectivity index (χ3v) is 2.28. The number of hydrogen-bond acceptors (Lipinski definition) is 4. The number of carbonyl (C=O) groups excluding carboxylic acids is 1. The van der Waals surface area contributed by atoms with Gasteiger partial charge in [0.2, 0.25) is 0 Å². The SMILES string of the molecule is CC1(NC(=O)c2cn[nH]n2)CCOC1. The van der Waals surface area contributed by atoms with Gasteiger partial charge in [-0.25, -0.2) is 0 Å². The van der Waals surface area contributed by atoms with Crippen LogP contribution in [0.3, 0.4) is 0 Å². The van der Waals surface area contributed by atoms with Crippen LogP contribution in [0.5, 0.6) is 0 Å². The van der Waals surface area contributed by atoms with E-state index < -0.39 is 0 Å². The van der Waals surface area contributed by atoms with E-state index in [0.29, 0.717) is 18.9 Å². The third kappa shape index (κ3) is 1.74. The molecule has 0 aromatic carbocycles. The van der Waals surface area contributed by atoms with Crippen molar-refractivity contribution in [2.45, 2.75) is 18.9 Å². The van der Waals surface area contributed by atoms with Crippen molar-refractivity contribution in [1.82, 2.24) is 20.7 Å². The average molecular weight is 196 g/mol. The molecule has 1 atom stereocenters. The average Bonchev–Trinajstić information content (AvgIpc) is 2.74. The summed E-state index contributed by atoms with van der Waals surface area (Å²) in [6.07, 6.45) is 2.23. The van der Waals surface area contributed by atoms with Crippen molar-refractivity contribution >= 4 is 5.91 Å². The minimum atomic E-state index is -0.268. The summed E-state index contributed by atoms with van der Waals surface area (Å²) in [6.45, 7) is 3.20. The van der Waals surface area contributed by atoms with Crippen LogP contribution in [0.4, 0.5) is 0 Å². The molecule has 0 spiro atoms. The molecule has 76 valence electrons. The Balaban J connectivity index is 2.01. The Morgan fingerprint density at radius 3 is 3.21 bits per heavy atom. The predicted molar refractivity (Wildman–Crippen MR) is 47.7 cm³/mol. The highest BCUT2D eigenvalue weighted by Gasteiger charge is 2.31. The summed E-state index contributed by atoms with van der Waals surface area (Å²) in [6, 6.07) is 0. The first-order chi connectivity index (χ1) is 6.70. The van der Waals surface area contributed by atoms with Gasteiger partial charge in [-0.05, 0) is 13.3 Å². The van der Waals surface area contributed by atoms with E-state index in [1.165, 1.54) is 6.20 Å². The first kappa shape index (κ1) is 9.14. The molecule has 0 radical (unpaired) electrons. The lowest BCUT2D eigenvalue weighted by molar-refractivity contribution is 0.0884. The van der Waals surface area contributed by atoms with Crippen LogP contribution < -0.4 is 5.32 Å². The fraction of sp³-hybridized carbons (Fsp3) is 0.625. The van der Waals surface area contributed by atoms with Crippen molar-refractivity contribution < 1.29 is 9.53 Å². The molecule has 0 aliphatic carbocycles. The van der Waals surface area contributed by atoms with Gasteiger partial charge in [-0.3, -0.25) is 4.79 Å². The quantitative estimate of drug-likeness (QED) is 0.681. The molecule has 1 aromatic heterocycles. The highest BCUT2D eigenvalue weighted by molar-refractivity contribution is 5.92. The molecule has 2 rings (SSSR count). The van der Waals surface area contributed by atoms with E-state index in [1.54, 1.807) is 0 Å². The van der Waals surface area contributed by atoms with E-state index in [0.717, 1.165) is 6.42 Å². The summed E-state index contributed by atoms with van der Waals surface area (Å²) < 4.78 is 5.22. The molecule has 1 aromatic rings. The van der Waals surface area contributed by atoms with E-state index >= 15 is 0 Å². The Labute approximate surface area is 81.0 Å². The summed E-state index contributed by atoms with van der Waals surface area (Å²) in [4.78, 5) is 11.6. The molecule has 0 saturated carbocycles. The second kappa shape index (κ2) is 3.38. The minimum Gasteiger partial charge on any atom is -0.379 e. The Bertz CT molecular complexity index is 316. The van der Waals surface area contributed by atoms with Gasteiger partial charge in [0, 0.05) is 6.61 Å². The largest absolute Gasteiger partial charge is 0.379 e. The number of nitrogens with zero attached hydrogens (tertiary/aromatic N) is 2. The molecule has 1 fully saturated rings. The number of H-pyrrole nitrogens is 1. The predicted octanol–water partition coefficient (Wildman–Crippen LogP) is -0.287. The number of amides is 1. The highest BCUT2D eigenvalue weighted by Crippen LogP contribution is 2.17. The lowest BCUT2D eigenvalue weighted by Crippen LogP contribution is -2.46. The van der Waals surface area contributed by atoms with Crippen LogP contribution in [0.15, 0.2) is 6.20 Å². The molecule has 1 unspecified atom stereocenters. The molecule has 2 N–H and O–H groups in total. The molecule has 2 heterocycles. The second-order valence-corrected chi connectivity index (χ2v) is 3.67. The van der Waals surface area contributed by atoms with Gasteiger partial charge in [-0.1, -0.05) is 0 Å². The van der Waals surface area contributed by atoms with Gasteiger partial charge >= 0.3 is 0 Å². The van der Waals surface area contributed by atoms with Gasteiger partial charge in [0.1, 0.15) is 0 Å². The number of hydrogen-bond donors (Lipinski definition) is 2. The van der Waals surface area contributed by atoms with E-state index in [4.69, 9.17) is 4.74 Å². The maximum absolute atomic E-state index is 11.6. The van der Waals surface area contributed by atoms with Crippen molar-refractivity contribution in [2.75, 3.05) is 13.2 Å². The fourth-order valence-corrected chi connectivity index (χ4v) is 1.41. The van der Waals surface area contributed by atoms with Crippen molar-refractivity contribution in [3.05, 3.63) is 11.9 Å². The molecular formula is C8H12N4O2. The first-order valence-electron chi connectivity index (χ1n) is 4.46. The fourth-order valence-electron chi connectivity index (χ4n) is 1.41. The first-order valence-corrected chi connectivity index (χ1v) is 4.46. The molecule has 0 bridgehead atoms. The van der Waals surface area contributed by atoms with Gasteiger partial charge < -0.3 is 10.1 Å². The van der Waals surface area contributed by atoms with Crippen LogP contribution >= 0.6 is 0 Å². The van der Waals surface area contributed by atoms with Crippen LogP contribution in [0.2, 0.25) is 0 Å². The summed E-state index contributed by atoms with van der Waals surface area (Å²) in [5, 5.41) is 12.5. The molecule has 1 aliphatic rings. The number of carbonyl (C=O) groups is 1.